The quantitative estimate of drug-likeness (QED) is 0.890. The standard InChI is InChI=1S/C17H22N2O3/c1-10(2)13-5-6-16(20)14(9-13)17(21)18-8-7-15-11(3)22-12(4)19-15/h5-6,9-10,20H,7-8H2,1-4H3,(H,18,21). The zero-order valence-electron chi connectivity index (χ0n) is 13.4. The smallest absolute Gasteiger partial charge is 0.255 e. The molecule has 5 nitrogen and oxygen atoms in total. The van der Waals surface area contributed by atoms with Gasteiger partial charge in [0.1, 0.15) is 11.5 Å². The molecule has 0 aliphatic rings. The summed E-state index contributed by atoms with van der Waals surface area (Å²) in [5.74, 6) is 1.42. The van der Waals surface area contributed by atoms with Crippen molar-refractivity contribution in [1.82, 2.24) is 10.3 Å². The van der Waals surface area contributed by atoms with E-state index in [1.54, 1.807) is 19.1 Å². The third-order valence-corrected chi connectivity index (χ3v) is 3.58. The zero-order chi connectivity index (χ0) is 16.3. The van der Waals surface area contributed by atoms with Crippen LogP contribution >= 0.6 is 0 Å². The zero-order valence-corrected chi connectivity index (χ0v) is 13.4. The van der Waals surface area contributed by atoms with Crippen LogP contribution in [0.5, 0.6) is 5.75 Å². The van der Waals surface area contributed by atoms with Crippen LogP contribution in [0.3, 0.4) is 0 Å². The molecule has 1 amide bonds. The average molecular weight is 302 g/mol. The van der Waals surface area contributed by atoms with Crippen molar-refractivity contribution in [2.75, 3.05) is 6.54 Å². The first-order chi connectivity index (χ1) is 10.4. The predicted molar refractivity (Wildman–Crippen MR) is 84.2 cm³/mol. The van der Waals surface area contributed by atoms with Gasteiger partial charge in [0.05, 0.1) is 11.3 Å². The number of phenolic OH excluding ortho intramolecular Hbond substituents is 1. The third-order valence-electron chi connectivity index (χ3n) is 3.58. The first-order valence-electron chi connectivity index (χ1n) is 7.42. The number of aromatic hydroxyl groups is 1. The van der Waals surface area contributed by atoms with Crippen molar-refractivity contribution in [1.29, 1.82) is 0 Å². The number of aryl methyl sites for hydroxylation is 2. The molecule has 118 valence electrons. The summed E-state index contributed by atoms with van der Waals surface area (Å²) in [4.78, 5) is 16.5. The van der Waals surface area contributed by atoms with Gasteiger partial charge in [-0.2, -0.15) is 0 Å². The van der Waals surface area contributed by atoms with Crippen molar-refractivity contribution < 1.29 is 14.3 Å². The second-order valence-electron chi connectivity index (χ2n) is 5.67. The van der Waals surface area contributed by atoms with Gasteiger partial charge >= 0.3 is 0 Å². The van der Waals surface area contributed by atoms with Crippen LogP contribution < -0.4 is 5.32 Å². The Labute approximate surface area is 130 Å². The molecule has 1 aromatic carbocycles. The van der Waals surface area contributed by atoms with Gasteiger partial charge in [0.15, 0.2) is 5.89 Å². The molecule has 5 heteroatoms. The monoisotopic (exact) mass is 302 g/mol. The van der Waals surface area contributed by atoms with Gasteiger partial charge < -0.3 is 14.8 Å². The Kier molecular flexibility index (Phi) is 4.85. The van der Waals surface area contributed by atoms with Crippen LogP contribution in [-0.4, -0.2) is 22.5 Å². The van der Waals surface area contributed by atoms with E-state index >= 15 is 0 Å². The second kappa shape index (κ2) is 6.64. The number of aromatic nitrogens is 1. The van der Waals surface area contributed by atoms with E-state index in [2.05, 4.69) is 10.3 Å². The molecule has 0 aliphatic carbocycles. The van der Waals surface area contributed by atoms with Crippen molar-refractivity contribution in [2.24, 2.45) is 0 Å². The van der Waals surface area contributed by atoms with Gasteiger partial charge in [-0.05, 0) is 30.5 Å². The molecule has 0 fully saturated rings. The van der Waals surface area contributed by atoms with E-state index in [0.717, 1.165) is 17.0 Å². The Morgan fingerprint density at radius 3 is 2.68 bits per heavy atom. The van der Waals surface area contributed by atoms with Gasteiger partial charge in [0.2, 0.25) is 0 Å². The number of benzene rings is 1. The van der Waals surface area contributed by atoms with Crippen molar-refractivity contribution in [3.63, 3.8) is 0 Å². The number of oxazole rings is 1. The van der Waals surface area contributed by atoms with Gasteiger partial charge in [-0.1, -0.05) is 19.9 Å². The van der Waals surface area contributed by atoms with Gasteiger partial charge in [-0.25, -0.2) is 4.98 Å². The molecular formula is C17H22N2O3. The largest absolute Gasteiger partial charge is 0.507 e. The lowest BCUT2D eigenvalue weighted by molar-refractivity contribution is 0.0951. The Balaban J connectivity index is 2.00. The molecule has 0 bridgehead atoms. The SMILES string of the molecule is Cc1nc(CCNC(=O)c2cc(C(C)C)ccc2O)c(C)o1. The van der Waals surface area contributed by atoms with Crippen LogP contribution in [0.15, 0.2) is 22.6 Å². The molecule has 2 rings (SSSR count). The molecule has 22 heavy (non-hydrogen) atoms. The molecule has 0 atom stereocenters. The fourth-order valence-electron chi connectivity index (χ4n) is 2.29. The highest BCUT2D eigenvalue weighted by molar-refractivity contribution is 5.97. The lowest BCUT2D eigenvalue weighted by atomic mass is 10.00. The van der Waals surface area contributed by atoms with Gasteiger partial charge in [-0.3, -0.25) is 4.79 Å². The maximum absolute atomic E-state index is 12.2. The van der Waals surface area contributed by atoms with E-state index in [1.807, 2.05) is 26.8 Å². The molecule has 0 radical (unpaired) electrons. The summed E-state index contributed by atoms with van der Waals surface area (Å²) in [6.07, 6.45) is 0.597. The molecule has 0 saturated heterocycles. The van der Waals surface area contributed by atoms with E-state index in [0.29, 0.717) is 30.3 Å². The number of carbonyl (C=O) groups excluding carboxylic acids is 1. The minimum Gasteiger partial charge on any atom is -0.507 e. The molecular weight excluding hydrogens is 280 g/mol. The minimum absolute atomic E-state index is 0.00430. The summed E-state index contributed by atoms with van der Waals surface area (Å²) in [6, 6.07) is 5.13. The lowest BCUT2D eigenvalue weighted by Gasteiger charge is -2.10. The number of hydrogen-bond acceptors (Lipinski definition) is 4. The minimum atomic E-state index is -0.280. The third kappa shape index (κ3) is 3.67. The number of hydrogen-bond donors (Lipinski definition) is 2. The predicted octanol–water partition coefficient (Wildman–Crippen LogP) is 3.09. The highest BCUT2D eigenvalue weighted by atomic mass is 16.4. The fraction of sp³-hybridized carbons (Fsp3) is 0.412. The van der Waals surface area contributed by atoms with E-state index in [-0.39, 0.29) is 11.7 Å². The van der Waals surface area contributed by atoms with E-state index in [9.17, 15) is 9.90 Å². The van der Waals surface area contributed by atoms with E-state index in [4.69, 9.17) is 4.42 Å². The van der Waals surface area contributed by atoms with Crippen LogP contribution in [0.1, 0.15) is 53.0 Å². The molecule has 0 spiro atoms. The van der Waals surface area contributed by atoms with Crippen LogP contribution in [0.4, 0.5) is 0 Å². The summed E-state index contributed by atoms with van der Waals surface area (Å²) in [5, 5.41) is 12.7. The van der Waals surface area contributed by atoms with Crippen LogP contribution in [-0.2, 0) is 6.42 Å². The Bertz CT molecular complexity index is 675. The summed E-state index contributed by atoms with van der Waals surface area (Å²) in [5.41, 5.74) is 2.17. The van der Waals surface area contributed by atoms with E-state index < -0.39 is 0 Å². The molecule has 0 saturated carbocycles. The second-order valence-corrected chi connectivity index (χ2v) is 5.67. The van der Waals surface area contributed by atoms with Crippen molar-refractivity contribution in [2.45, 2.75) is 40.0 Å². The molecule has 2 aromatic rings. The summed E-state index contributed by atoms with van der Waals surface area (Å²) in [6.45, 7) is 8.18. The van der Waals surface area contributed by atoms with Crippen LogP contribution in [0.25, 0.3) is 0 Å². The van der Waals surface area contributed by atoms with E-state index in [1.165, 1.54) is 0 Å². The Morgan fingerprint density at radius 2 is 2.09 bits per heavy atom. The van der Waals surface area contributed by atoms with Gasteiger partial charge in [-0.15, -0.1) is 0 Å². The summed E-state index contributed by atoms with van der Waals surface area (Å²) < 4.78 is 5.35. The average Bonchev–Trinajstić information content (AvgIpc) is 2.77. The number of amides is 1. The normalized spacial score (nSPS) is 11.0. The number of carbonyl (C=O) groups is 1. The lowest BCUT2D eigenvalue weighted by Crippen LogP contribution is -2.26. The number of phenols is 1. The van der Waals surface area contributed by atoms with Gasteiger partial charge in [0.25, 0.3) is 5.91 Å². The maximum atomic E-state index is 12.2. The van der Waals surface area contributed by atoms with Crippen molar-refractivity contribution >= 4 is 5.91 Å². The Hall–Kier alpha value is -2.30. The van der Waals surface area contributed by atoms with Crippen LogP contribution in [0.2, 0.25) is 0 Å². The Morgan fingerprint density at radius 1 is 1.36 bits per heavy atom. The molecule has 1 aromatic heterocycles. The fourth-order valence-corrected chi connectivity index (χ4v) is 2.29. The molecule has 2 N–H and O–H groups in total. The summed E-state index contributed by atoms with van der Waals surface area (Å²) in [7, 11) is 0. The number of nitrogens with zero attached hydrogens (tertiary/aromatic N) is 1. The highest BCUT2D eigenvalue weighted by Gasteiger charge is 2.13. The highest BCUT2D eigenvalue weighted by Crippen LogP contribution is 2.23. The molecule has 0 aliphatic heterocycles. The maximum Gasteiger partial charge on any atom is 0.255 e. The first kappa shape index (κ1) is 16.1. The van der Waals surface area contributed by atoms with Crippen molar-refractivity contribution in [3.05, 3.63) is 46.7 Å². The first-order valence-corrected chi connectivity index (χ1v) is 7.42. The topological polar surface area (TPSA) is 75.4 Å². The summed E-state index contributed by atoms with van der Waals surface area (Å²) >= 11 is 0. The molecule has 0 unspecified atom stereocenters. The number of rotatable bonds is 5. The number of nitrogens with one attached hydrogen (secondary N) is 1. The van der Waals surface area contributed by atoms with Crippen molar-refractivity contribution in [3.8, 4) is 5.75 Å². The van der Waals surface area contributed by atoms with Gasteiger partial charge in [0, 0.05) is 19.9 Å². The molecule has 1 heterocycles. The van der Waals surface area contributed by atoms with Crippen LogP contribution in [0, 0.1) is 13.8 Å².